The summed E-state index contributed by atoms with van der Waals surface area (Å²) in [6, 6.07) is 24.0. The highest BCUT2D eigenvalue weighted by Crippen LogP contribution is 2.41. The minimum absolute atomic E-state index is 0.00594. The molecule has 0 aliphatic carbocycles. The molecule has 2 atom stereocenters. The van der Waals surface area contributed by atoms with Crippen molar-refractivity contribution in [3.8, 4) is 5.75 Å². The summed E-state index contributed by atoms with van der Waals surface area (Å²) in [7, 11) is 0. The largest absolute Gasteiger partial charge is 0.489 e. The maximum Gasteiger partial charge on any atom is 0.408 e. The van der Waals surface area contributed by atoms with Crippen molar-refractivity contribution in [2.75, 3.05) is 19.0 Å². The van der Waals surface area contributed by atoms with Crippen molar-refractivity contribution in [1.82, 2.24) is 10.2 Å². The lowest BCUT2D eigenvalue weighted by Gasteiger charge is -2.49. The van der Waals surface area contributed by atoms with Crippen LogP contribution in [0.25, 0.3) is 0 Å². The van der Waals surface area contributed by atoms with Gasteiger partial charge in [0.05, 0.1) is 0 Å². The number of rotatable bonds is 11. The second kappa shape index (κ2) is 13.3. The number of nitrogens with two attached hydrogens (primary N) is 1. The number of hydrogen-bond donors (Lipinski definition) is 2. The van der Waals surface area contributed by atoms with E-state index in [2.05, 4.69) is 11.9 Å². The maximum atomic E-state index is 14.0. The van der Waals surface area contributed by atoms with Crippen LogP contribution in [0.4, 0.5) is 4.79 Å². The molecule has 3 aromatic rings. The summed E-state index contributed by atoms with van der Waals surface area (Å²) >= 11 is 1.38. The van der Waals surface area contributed by atoms with E-state index in [4.69, 9.17) is 19.9 Å². The first-order chi connectivity index (χ1) is 20.9. The molecule has 3 N–H and O–H groups in total. The molecule has 0 spiro atoms. The number of thioether (sulfide) groups is 1. The predicted molar refractivity (Wildman–Crippen MR) is 160 cm³/mol. The van der Waals surface area contributed by atoms with E-state index < -0.39 is 41.4 Å². The molecule has 0 bridgehead atoms. The topological polar surface area (TPSA) is 137 Å². The Balaban J connectivity index is 1.43. The fourth-order valence-electron chi connectivity index (χ4n) is 4.72. The fraction of sp³-hybridized carbons (Fsp3) is 0.188. The Hall–Kier alpha value is -5.03. The minimum Gasteiger partial charge on any atom is -0.489 e. The van der Waals surface area contributed by atoms with Crippen molar-refractivity contribution < 1.29 is 33.4 Å². The summed E-state index contributed by atoms with van der Waals surface area (Å²) in [6.07, 6.45) is -0.0731. The lowest BCUT2D eigenvalue weighted by atomic mass is 10.0. The summed E-state index contributed by atoms with van der Waals surface area (Å²) < 4.78 is 17.1. The van der Waals surface area contributed by atoms with Gasteiger partial charge in [0.1, 0.15) is 36.1 Å². The van der Waals surface area contributed by atoms with Gasteiger partial charge in [0.25, 0.3) is 5.91 Å². The molecule has 0 radical (unpaired) electrons. The van der Waals surface area contributed by atoms with Gasteiger partial charge in [-0.25, -0.2) is 9.59 Å². The van der Waals surface area contributed by atoms with E-state index in [9.17, 15) is 19.2 Å². The van der Waals surface area contributed by atoms with Crippen molar-refractivity contribution in [3.63, 3.8) is 0 Å². The fourth-order valence-corrected chi connectivity index (χ4v) is 6.05. The Morgan fingerprint density at radius 3 is 2.21 bits per heavy atom. The molecule has 0 saturated carbocycles. The van der Waals surface area contributed by atoms with Crippen molar-refractivity contribution >= 4 is 35.6 Å². The predicted octanol–water partition coefficient (Wildman–Crippen LogP) is 3.95. The Labute approximate surface area is 252 Å². The number of alkyl carbamates (subject to hydrolysis) is 1. The van der Waals surface area contributed by atoms with Crippen molar-refractivity contribution in [1.29, 1.82) is 0 Å². The van der Waals surface area contributed by atoms with Crippen molar-refractivity contribution in [2.24, 2.45) is 5.73 Å². The molecule has 220 valence electrons. The van der Waals surface area contributed by atoms with E-state index in [1.807, 2.05) is 60.7 Å². The first-order valence-electron chi connectivity index (χ1n) is 13.4. The Morgan fingerprint density at radius 1 is 1.00 bits per heavy atom. The second-order valence-corrected chi connectivity index (χ2v) is 10.8. The lowest BCUT2D eigenvalue weighted by molar-refractivity contribution is -0.153. The Bertz CT molecular complexity index is 1500. The number of nitrogens with one attached hydrogen (secondary N) is 1. The number of benzene rings is 3. The van der Waals surface area contributed by atoms with Gasteiger partial charge in [-0.3, -0.25) is 14.5 Å². The molecule has 1 fully saturated rings. The highest BCUT2D eigenvalue weighted by molar-refractivity contribution is 8.00. The lowest BCUT2D eigenvalue weighted by Crippen LogP contribution is -2.70. The van der Waals surface area contributed by atoms with Gasteiger partial charge in [0, 0.05) is 16.9 Å². The standard InChI is InChI=1S/C32H29N3O7S/c1-2-17-40-32(39)34-25-29(37)35-26(23(19-43-30(25)35)18-41-24-15-13-22(14-16-24)28(33)36)31(38)42-27(20-9-5-3-6-10-20)21-11-7-4-8-12-21/h2-16,25,27,30H,1,17-19H2,(H2,33,36)(H,34,39)/t25?,30-/m0/s1. The van der Waals surface area contributed by atoms with Gasteiger partial charge in [-0.05, 0) is 35.4 Å². The van der Waals surface area contributed by atoms with Crippen molar-refractivity contribution in [2.45, 2.75) is 17.5 Å². The molecule has 2 aliphatic heterocycles. The SMILES string of the molecule is C=CCOC(=O)NC1C(=O)N2C(C(=O)OC(c3ccccc3)c3ccccc3)=C(COc3ccc(C(N)=O)cc3)CS[C@@H]12. The number of nitrogens with zero attached hydrogens (tertiary/aromatic N) is 1. The number of β-lactam (4-membered cyclic amide) rings is 1. The van der Waals surface area contributed by atoms with Crippen LogP contribution in [0.5, 0.6) is 5.75 Å². The molecule has 0 aromatic heterocycles. The van der Waals surface area contributed by atoms with Gasteiger partial charge < -0.3 is 25.3 Å². The zero-order valence-corrected chi connectivity index (χ0v) is 23.8. The van der Waals surface area contributed by atoms with Gasteiger partial charge in [-0.15, -0.1) is 11.8 Å². The molecule has 3 aromatic carbocycles. The van der Waals surface area contributed by atoms with E-state index in [-0.39, 0.29) is 18.9 Å². The highest BCUT2D eigenvalue weighted by Gasteiger charge is 2.55. The zero-order valence-electron chi connectivity index (χ0n) is 23.0. The third-order valence-electron chi connectivity index (χ3n) is 6.83. The van der Waals surface area contributed by atoms with Crippen LogP contribution in [0.2, 0.25) is 0 Å². The van der Waals surface area contributed by atoms with Gasteiger partial charge >= 0.3 is 12.1 Å². The Kier molecular flexibility index (Phi) is 9.11. The van der Waals surface area contributed by atoms with Crippen LogP contribution in [0.15, 0.2) is 109 Å². The molecule has 2 aliphatic rings. The van der Waals surface area contributed by atoms with Gasteiger partial charge in [0.15, 0.2) is 6.10 Å². The number of primary amides is 1. The first kappa shape index (κ1) is 29.5. The summed E-state index contributed by atoms with van der Waals surface area (Å²) in [6.45, 7) is 3.48. The molecule has 10 nitrogen and oxygen atoms in total. The average molecular weight is 600 g/mol. The normalized spacial score (nSPS) is 17.4. The smallest absolute Gasteiger partial charge is 0.408 e. The zero-order chi connectivity index (χ0) is 30.3. The molecule has 11 heteroatoms. The molecule has 5 rings (SSSR count). The van der Waals surface area contributed by atoms with Gasteiger partial charge in [-0.1, -0.05) is 73.3 Å². The van der Waals surface area contributed by atoms with E-state index >= 15 is 0 Å². The number of hydrogen-bond acceptors (Lipinski definition) is 8. The van der Waals surface area contributed by atoms with Crippen LogP contribution in [-0.4, -0.2) is 59.2 Å². The van der Waals surface area contributed by atoms with E-state index in [0.29, 0.717) is 22.6 Å². The second-order valence-electron chi connectivity index (χ2n) is 9.66. The van der Waals surface area contributed by atoms with Gasteiger partial charge in [-0.2, -0.15) is 0 Å². The number of carbonyl (C=O) groups excluding carboxylic acids is 4. The van der Waals surface area contributed by atoms with Crippen LogP contribution >= 0.6 is 11.8 Å². The summed E-state index contributed by atoms with van der Waals surface area (Å²) in [5, 5.41) is 2.03. The summed E-state index contributed by atoms with van der Waals surface area (Å²) in [5.41, 5.74) is 7.78. The molecule has 1 saturated heterocycles. The minimum atomic E-state index is -0.882. The molecular formula is C32H29N3O7S. The molecule has 2 heterocycles. The number of esters is 1. The number of ether oxygens (including phenoxy) is 3. The van der Waals surface area contributed by atoms with Crippen LogP contribution in [0.3, 0.4) is 0 Å². The van der Waals surface area contributed by atoms with Crippen LogP contribution in [0, 0.1) is 0 Å². The third kappa shape index (κ3) is 6.57. The van der Waals surface area contributed by atoms with E-state index in [1.54, 1.807) is 12.1 Å². The van der Waals surface area contributed by atoms with E-state index in [0.717, 1.165) is 11.1 Å². The molecule has 3 amide bonds. The summed E-state index contributed by atoms with van der Waals surface area (Å²) in [4.78, 5) is 52.3. The van der Waals surface area contributed by atoms with Crippen LogP contribution < -0.4 is 15.8 Å². The van der Waals surface area contributed by atoms with Gasteiger partial charge in [0.2, 0.25) is 5.91 Å². The number of fused-ring (bicyclic) bond motifs is 1. The van der Waals surface area contributed by atoms with Crippen molar-refractivity contribution in [3.05, 3.63) is 126 Å². The first-order valence-corrected chi connectivity index (χ1v) is 14.5. The monoisotopic (exact) mass is 599 g/mol. The maximum absolute atomic E-state index is 14.0. The van der Waals surface area contributed by atoms with E-state index in [1.165, 1.54) is 34.9 Å². The number of amides is 3. The molecule has 1 unspecified atom stereocenters. The average Bonchev–Trinajstić information content (AvgIpc) is 3.04. The third-order valence-corrected chi connectivity index (χ3v) is 8.17. The number of carbonyl (C=O) groups is 4. The molecular weight excluding hydrogens is 570 g/mol. The Morgan fingerprint density at radius 2 is 1.63 bits per heavy atom. The quantitative estimate of drug-likeness (QED) is 0.192. The highest BCUT2D eigenvalue weighted by atomic mass is 32.2. The van der Waals surface area contributed by atoms with Crippen LogP contribution in [0.1, 0.15) is 27.6 Å². The van der Waals surface area contributed by atoms with Crippen LogP contribution in [-0.2, 0) is 19.1 Å². The molecule has 43 heavy (non-hydrogen) atoms. The summed E-state index contributed by atoms with van der Waals surface area (Å²) in [5.74, 6) is -0.957.